The number of alkyl halides is 2. The second-order valence-electron chi connectivity index (χ2n) is 8.12. The fraction of sp³-hybridized carbons (Fsp3) is 0.292. The fourth-order valence-corrected chi connectivity index (χ4v) is 4.18. The van der Waals surface area contributed by atoms with Crippen LogP contribution in [0.25, 0.3) is 22.0 Å². The lowest BCUT2D eigenvalue weighted by atomic mass is 10.1. The minimum Gasteiger partial charge on any atom is -0.434 e. The summed E-state index contributed by atoms with van der Waals surface area (Å²) >= 11 is 0. The van der Waals surface area contributed by atoms with Crippen LogP contribution in [0.15, 0.2) is 53.6 Å². The monoisotopic (exact) mass is 485 g/mol. The molecule has 0 N–H and O–H groups in total. The number of anilines is 1. The third kappa shape index (κ3) is 4.59. The van der Waals surface area contributed by atoms with Crippen LogP contribution in [0.1, 0.15) is 5.56 Å². The van der Waals surface area contributed by atoms with Gasteiger partial charge >= 0.3 is 6.61 Å². The van der Waals surface area contributed by atoms with Crippen molar-refractivity contribution in [1.82, 2.24) is 19.3 Å². The van der Waals surface area contributed by atoms with Crippen molar-refractivity contribution in [1.29, 1.82) is 0 Å². The van der Waals surface area contributed by atoms with Gasteiger partial charge in [-0.05, 0) is 35.9 Å². The summed E-state index contributed by atoms with van der Waals surface area (Å²) in [6, 6.07) is 8.62. The number of morpholine rings is 1. The maximum Gasteiger partial charge on any atom is 0.387 e. The SMILES string of the molecule is Cn1c(=O)c2ccc(-c3cnc(N4CCOCC4)nc3)cc2n1Cc1cc(F)ccc1OC(F)F. The normalized spacial score (nSPS) is 14.1. The van der Waals surface area contributed by atoms with E-state index in [9.17, 15) is 18.0 Å². The zero-order chi connectivity index (χ0) is 24.5. The molecule has 182 valence electrons. The van der Waals surface area contributed by atoms with Gasteiger partial charge in [0.05, 0.1) is 30.7 Å². The Bertz CT molecular complexity index is 1410. The van der Waals surface area contributed by atoms with Gasteiger partial charge in [-0.25, -0.2) is 14.4 Å². The van der Waals surface area contributed by atoms with Gasteiger partial charge in [-0.2, -0.15) is 8.78 Å². The minimum atomic E-state index is -3.06. The molecular formula is C24H22F3N5O3. The van der Waals surface area contributed by atoms with Crippen LogP contribution in [0.3, 0.4) is 0 Å². The Morgan fingerprint density at radius 3 is 2.51 bits per heavy atom. The van der Waals surface area contributed by atoms with Gasteiger partial charge < -0.3 is 14.4 Å². The number of hydrogen-bond acceptors (Lipinski definition) is 6. The third-order valence-corrected chi connectivity index (χ3v) is 5.99. The Hall–Kier alpha value is -3.86. The highest BCUT2D eigenvalue weighted by Crippen LogP contribution is 2.27. The Morgan fingerprint density at radius 2 is 1.80 bits per heavy atom. The first-order valence-corrected chi connectivity index (χ1v) is 11.0. The van der Waals surface area contributed by atoms with Crippen LogP contribution in [0.5, 0.6) is 5.75 Å². The summed E-state index contributed by atoms with van der Waals surface area (Å²) < 4.78 is 52.5. The van der Waals surface area contributed by atoms with E-state index in [1.165, 1.54) is 4.68 Å². The van der Waals surface area contributed by atoms with Gasteiger partial charge in [-0.3, -0.25) is 14.2 Å². The zero-order valence-electron chi connectivity index (χ0n) is 18.8. The van der Waals surface area contributed by atoms with E-state index in [-0.39, 0.29) is 23.4 Å². The molecule has 5 rings (SSSR count). The fourth-order valence-electron chi connectivity index (χ4n) is 4.18. The molecule has 1 aliphatic rings. The average Bonchev–Trinajstić information content (AvgIpc) is 3.10. The van der Waals surface area contributed by atoms with Gasteiger partial charge in [-0.1, -0.05) is 6.07 Å². The Morgan fingerprint density at radius 1 is 1.06 bits per heavy atom. The van der Waals surface area contributed by atoms with Crippen molar-refractivity contribution in [2.24, 2.45) is 7.05 Å². The van der Waals surface area contributed by atoms with Crippen molar-refractivity contribution < 1.29 is 22.6 Å². The standard InChI is InChI=1S/C24H22F3N5O3/c1-30-22(33)19-4-2-15(17-12-28-24(29-13-17)31-6-8-34-9-7-31)11-20(19)32(30)14-16-10-18(25)3-5-21(16)35-23(26)27/h2-5,10-13,23H,6-9,14H2,1H3. The molecule has 2 aromatic heterocycles. The predicted octanol–water partition coefficient (Wildman–Crippen LogP) is 3.42. The number of rotatable bonds is 6. The summed E-state index contributed by atoms with van der Waals surface area (Å²) in [5, 5.41) is 0.440. The van der Waals surface area contributed by atoms with Crippen molar-refractivity contribution in [3.05, 3.63) is 70.5 Å². The van der Waals surface area contributed by atoms with Crippen molar-refractivity contribution in [2.45, 2.75) is 13.2 Å². The minimum absolute atomic E-state index is 0.0506. The highest BCUT2D eigenvalue weighted by molar-refractivity contribution is 5.84. The molecule has 11 heteroatoms. The molecule has 0 unspecified atom stereocenters. The highest BCUT2D eigenvalue weighted by Gasteiger charge is 2.17. The zero-order valence-corrected chi connectivity index (χ0v) is 18.8. The molecule has 2 aromatic carbocycles. The van der Waals surface area contributed by atoms with Crippen molar-refractivity contribution in [2.75, 3.05) is 31.2 Å². The smallest absolute Gasteiger partial charge is 0.387 e. The van der Waals surface area contributed by atoms with Gasteiger partial charge in [0.15, 0.2) is 0 Å². The molecule has 1 aliphatic heterocycles. The lowest BCUT2D eigenvalue weighted by Gasteiger charge is -2.26. The molecule has 0 spiro atoms. The maximum atomic E-state index is 13.9. The molecule has 0 aliphatic carbocycles. The van der Waals surface area contributed by atoms with E-state index in [1.807, 2.05) is 4.90 Å². The van der Waals surface area contributed by atoms with Gasteiger partial charge in [0, 0.05) is 43.7 Å². The highest BCUT2D eigenvalue weighted by atomic mass is 19.3. The van der Waals surface area contributed by atoms with Gasteiger partial charge in [0.25, 0.3) is 5.56 Å². The number of ether oxygens (including phenoxy) is 2. The van der Waals surface area contributed by atoms with Crippen molar-refractivity contribution >= 4 is 16.9 Å². The van der Waals surface area contributed by atoms with E-state index in [2.05, 4.69) is 14.7 Å². The van der Waals surface area contributed by atoms with Crippen LogP contribution < -0.4 is 15.2 Å². The molecule has 0 atom stereocenters. The van der Waals surface area contributed by atoms with E-state index >= 15 is 0 Å². The number of aromatic nitrogens is 4. The second kappa shape index (κ2) is 9.41. The van der Waals surface area contributed by atoms with Crippen LogP contribution in [0.2, 0.25) is 0 Å². The average molecular weight is 485 g/mol. The first-order chi connectivity index (χ1) is 16.9. The summed E-state index contributed by atoms with van der Waals surface area (Å²) in [4.78, 5) is 23.8. The molecule has 35 heavy (non-hydrogen) atoms. The number of halogens is 3. The molecule has 0 saturated carbocycles. The van der Waals surface area contributed by atoms with Crippen LogP contribution in [-0.2, 0) is 18.3 Å². The Balaban J connectivity index is 1.52. The van der Waals surface area contributed by atoms with E-state index in [4.69, 9.17) is 4.74 Å². The van der Waals surface area contributed by atoms with Crippen LogP contribution in [0, 0.1) is 5.82 Å². The topological polar surface area (TPSA) is 74.4 Å². The lowest BCUT2D eigenvalue weighted by molar-refractivity contribution is -0.0505. The molecule has 0 bridgehead atoms. The van der Waals surface area contributed by atoms with Crippen LogP contribution in [0.4, 0.5) is 19.1 Å². The number of hydrogen-bond donors (Lipinski definition) is 0. The van der Waals surface area contributed by atoms with Crippen LogP contribution in [-0.4, -0.2) is 52.2 Å². The largest absolute Gasteiger partial charge is 0.434 e. The Kier molecular flexibility index (Phi) is 6.16. The quantitative estimate of drug-likeness (QED) is 0.417. The summed E-state index contributed by atoms with van der Waals surface area (Å²) in [5.74, 6) is -0.132. The number of benzene rings is 2. The number of nitrogens with zero attached hydrogens (tertiary/aromatic N) is 5. The first kappa shape index (κ1) is 22.9. The molecule has 1 fully saturated rings. The van der Waals surface area contributed by atoms with Crippen molar-refractivity contribution in [3.63, 3.8) is 0 Å². The van der Waals surface area contributed by atoms with Gasteiger partial charge in [0.1, 0.15) is 11.6 Å². The summed E-state index contributed by atoms with van der Waals surface area (Å²) in [5.41, 5.74) is 1.99. The van der Waals surface area contributed by atoms with E-state index in [1.54, 1.807) is 42.3 Å². The van der Waals surface area contributed by atoms with Crippen LogP contribution >= 0.6 is 0 Å². The summed E-state index contributed by atoms with van der Waals surface area (Å²) in [7, 11) is 1.56. The van der Waals surface area contributed by atoms with Crippen molar-refractivity contribution in [3.8, 4) is 16.9 Å². The molecule has 4 aromatic rings. The first-order valence-electron chi connectivity index (χ1n) is 11.0. The maximum absolute atomic E-state index is 13.9. The molecule has 1 saturated heterocycles. The van der Waals surface area contributed by atoms with E-state index in [0.717, 1.165) is 42.4 Å². The molecule has 0 radical (unpaired) electrons. The van der Waals surface area contributed by atoms with E-state index in [0.29, 0.717) is 30.1 Å². The second-order valence-corrected chi connectivity index (χ2v) is 8.12. The molecular weight excluding hydrogens is 463 g/mol. The number of fused-ring (bicyclic) bond motifs is 1. The predicted molar refractivity (Wildman–Crippen MR) is 123 cm³/mol. The molecule has 8 nitrogen and oxygen atoms in total. The molecule has 0 amide bonds. The summed E-state index contributed by atoms with van der Waals surface area (Å²) in [6.07, 6.45) is 3.43. The van der Waals surface area contributed by atoms with Gasteiger partial charge in [-0.15, -0.1) is 0 Å². The molecule has 3 heterocycles. The van der Waals surface area contributed by atoms with E-state index < -0.39 is 12.4 Å². The third-order valence-electron chi connectivity index (χ3n) is 5.99. The lowest BCUT2D eigenvalue weighted by Crippen LogP contribution is -2.37. The Labute approximate surface area is 198 Å². The van der Waals surface area contributed by atoms with Gasteiger partial charge in [0.2, 0.25) is 5.95 Å². The summed E-state index contributed by atoms with van der Waals surface area (Å²) in [6.45, 7) is -0.412.